The molecule has 9 nitrogen and oxygen atoms in total. The number of hydrogen-bond donors (Lipinski definition) is 3. The van der Waals surface area contributed by atoms with E-state index in [2.05, 4.69) is 25.5 Å². The molecule has 0 aliphatic heterocycles. The third-order valence-corrected chi connectivity index (χ3v) is 5.04. The number of amides is 2. The predicted molar refractivity (Wildman–Crippen MR) is 110 cm³/mol. The van der Waals surface area contributed by atoms with Crippen LogP contribution in [-0.4, -0.2) is 44.8 Å². The standard InChI is InChI=1S/C19H16N6O3S/c1-28-10-6-7-14-12(8-10)16-18(22-14)23-19(25-24-16)29-9-15(26)21-13-5-3-2-4-11(13)17(20)27/h2-8H,9H2,1H3,(H2,20,27)(H,21,26)(H,22,23,25). The lowest BCUT2D eigenvalue weighted by atomic mass is 10.1. The van der Waals surface area contributed by atoms with Crippen LogP contribution in [0.5, 0.6) is 5.75 Å². The molecule has 29 heavy (non-hydrogen) atoms. The van der Waals surface area contributed by atoms with Crippen molar-refractivity contribution in [3.05, 3.63) is 48.0 Å². The van der Waals surface area contributed by atoms with Gasteiger partial charge in [-0.25, -0.2) is 4.98 Å². The van der Waals surface area contributed by atoms with Crippen LogP contribution in [0.1, 0.15) is 10.4 Å². The van der Waals surface area contributed by atoms with Crippen molar-refractivity contribution >= 4 is 51.3 Å². The maximum Gasteiger partial charge on any atom is 0.250 e. The summed E-state index contributed by atoms with van der Waals surface area (Å²) in [7, 11) is 1.60. The van der Waals surface area contributed by atoms with E-state index in [4.69, 9.17) is 10.5 Å². The van der Waals surface area contributed by atoms with Gasteiger partial charge in [-0.3, -0.25) is 9.59 Å². The molecule has 0 fully saturated rings. The van der Waals surface area contributed by atoms with Gasteiger partial charge < -0.3 is 20.8 Å². The Balaban J connectivity index is 1.49. The Bertz CT molecular complexity index is 1240. The highest BCUT2D eigenvalue weighted by atomic mass is 32.2. The Kier molecular flexibility index (Phi) is 5.00. The molecular weight excluding hydrogens is 392 g/mol. The van der Waals surface area contributed by atoms with Crippen molar-refractivity contribution in [2.24, 2.45) is 5.73 Å². The average Bonchev–Trinajstić information content (AvgIpc) is 3.09. The molecule has 0 aliphatic carbocycles. The summed E-state index contributed by atoms with van der Waals surface area (Å²) in [4.78, 5) is 31.3. The largest absolute Gasteiger partial charge is 0.497 e. The number of aromatic amines is 1. The summed E-state index contributed by atoms with van der Waals surface area (Å²) in [6.45, 7) is 0. The molecule has 2 amide bonds. The van der Waals surface area contributed by atoms with E-state index in [1.165, 1.54) is 0 Å². The van der Waals surface area contributed by atoms with Crippen molar-refractivity contribution in [1.82, 2.24) is 20.2 Å². The average molecular weight is 408 g/mol. The first-order valence-electron chi connectivity index (χ1n) is 8.57. The summed E-state index contributed by atoms with van der Waals surface area (Å²) < 4.78 is 5.24. The lowest BCUT2D eigenvalue weighted by Crippen LogP contribution is -2.19. The monoisotopic (exact) mass is 408 g/mol. The Morgan fingerprint density at radius 3 is 2.83 bits per heavy atom. The van der Waals surface area contributed by atoms with Crippen LogP contribution in [0.4, 0.5) is 5.69 Å². The van der Waals surface area contributed by atoms with Crippen molar-refractivity contribution < 1.29 is 14.3 Å². The van der Waals surface area contributed by atoms with Crippen molar-refractivity contribution in [2.45, 2.75) is 5.16 Å². The van der Waals surface area contributed by atoms with Crippen LogP contribution in [0.3, 0.4) is 0 Å². The van der Waals surface area contributed by atoms with Crippen LogP contribution in [0, 0.1) is 0 Å². The molecule has 0 bridgehead atoms. The van der Waals surface area contributed by atoms with Gasteiger partial charge in [-0.1, -0.05) is 23.9 Å². The highest BCUT2D eigenvalue weighted by molar-refractivity contribution is 7.99. The number of thioether (sulfide) groups is 1. The molecule has 2 heterocycles. The molecule has 0 aliphatic rings. The first kappa shape index (κ1) is 18.7. The number of nitrogens with zero attached hydrogens (tertiary/aromatic N) is 3. The number of nitrogens with two attached hydrogens (primary N) is 1. The SMILES string of the molecule is COc1ccc2[nH]c3nc(SCC(=O)Nc4ccccc4C(N)=O)nnc3c2c1. The number of para-hydroxylation sites is 1. The fourth-order valence-corrected chi connectivity index (χ4v) is 3.43. The van der Waals surface area contributed by atoms with E-state index in [-0.39, 0.29) is 17.2 Å². The van der Waals surface area contributed by atoms with Gasteiger partial charge in [0.1, 0.15) is 11.3 Å². The van der Waals surface area contributed by atoms with Gasteiger partial charge in [0.15, 0.2) is 5.65 Å². The first-order chi connectivity index (χ1) is 14.0. The second-order valence-corrected chi connectivity index (χ2v) is 7.02. The molecule has 0 unspecified atom stereocenters. The quantitative estimate of drug-likeness (QED) is 0.417. The van der Waals surface area contributed by atoms with Crippen molar-refractivity contribution in [1.29, 1.82) is 0 Å². The Morgan fingerprint density at radius 2 is 2.03 bits per heavy atom. The molecule has 0 spiro atoms. The molecule has 0 saturated carbocycles. The summed E-state index contributed by atoms with van der Waals surface area (Å²) in [5.41, 5.74) is 8.01. The van der Waals surface area contributed by atoms with Crippen molar-refractivity contribution in [3.63, 3.8) is 0 Å². The number of methoxy groups -OCH3 is 1. The number of hydrogen-bond acceptors (Lipinski definition) is 7. The van der Waals surface area contributed by atoms with Gasteiger partial charge in [-0.05, 0) is 30.3 Å². The number of H-pyrrole nitrogens is 1. The third-order valence-electron chi connectivity index (χ3n) is 4.20. The number of primary amides is 1. The normalized spacial score (nSPS) is 10.9. The maximum atomic E-state index is 12.3. The smallest absolute Gasteiger partial charge is 0.250 e. The fourth-order valence-electron chi connectivity index (χ4n) is 2.85. The number of fused-ring (bicyclic) bond motifs is 3. The fraction of sp³-hybridized carbons (Fsp3) is 0.105. The second-order valence-electron chi connectivity index (χ2n) is 6.07. The van der Waals surface area contributed by atoms with E-state index >= 15 is 0 Å². The van der Waals surface area contributed by atoms with E-state index < -0.39 is 5.91 Å². The third kappa shape index (κ3) is 3.83. The van der Waals surface area contributed by atoms with Gasteiger partial charge in [0.05, 0.1) is 24.1 Å². The zero-order valence-electron chi connectivity index (χ0n) is 15.3. The predicted octanol–water partition coefficient (Wildman–Crippen LogP) is 2.34. The van der Waals surface area contributed by atoms with Crippen molar-refractivity contribution in [3.8, 4) is 5.75 Å². The van der Waals surface area contributed by atoms with Crippen LogP contribution < -0.4 is 15.8 Å². The number of rotatable bonds is 6. The number of benzene rings is 2. The number of ether oxygens (including phenoxy) is 1. The molecule has 0 saturated heterocycles. The molecule has 0 radical (unpaired) electrons. The first-order valence-corrected chi connectivity index (χ1v) is 9.55. The van der Waals surface area contributed by atoms with Crippen LogP contribution in [0.15, 0.2) is 47.6 Å². The van der Waals surface area contributed by atoms with E-state index in [0.717, 1.165) is 22.7 Å². The summed E-state index contributed by atoms with van der Waals surface area (Å²) in [5, 5.41) is 12.2. The molecule has 4 rings (SSSR count). The Hall–Kier alpha value is -3.66. The van der Waals surface area contributed by atoms with E-state index in [0.29, 0.717) is 27.8 Å². The van der Waals surface area contributed by atoms with Gasteiger partial charge in [0.25, 0.3) is 5.91 Å². The molecule has 10 heteroatoms. The lowest BCUT2D eigenvalue weighted by molar-refractivity contribution is -0.113. The molecular formula is C19H16N6O3S. The van der Waals surface area contributed by atoms with Crippen molar-refractivity contribution in [2.75, 3.05) is 18.2 Å². The number of anilines is 1. The van der Waals surface area contributed by atoms with Gasteiger partial charge in [0.2, 0.25) is 11.1 Å². The molecule has 2 aromatic heterocycles. The summed E-state index contributed by atoms with van der Waals surface area (Å²) in [6, 6.07) is 12.1. The summed E-state index contributed by atoms with van der Waals surface area (Å²) in [5.74, 6) is -0.156. The van der Waals surface area contributed by atoms with Gasteiger partial charge in [-0.15, -0.1) is 10.2 Å². The highest BCUT2D eigenvalue weighted by Crippen LogP contribution is 2.27. The molecule has 2 aromatic carbocycles. The zero-order valence-corrected chi connectivity index (χ0v) is 16.1. The molecule has 0 atom stereocenters. The van der Waals surface area contributed by atoms with Crippen LogP contribution in [0.2, 0.25) is 0 Å². The van der Waals surface area contributed by atoms with Gasteiger partial charge >= 0.3 is 0 Å². The van der Waals surface area contributed by atoms with Crippen LogP contribution in [0.25, 0.3) is 22.1 Å². The summed E-state index contributed by atoms with van der Waals surface area (Å²) in [6.07, 6.45) is 0. The second kappa shape index (κ2) is 7.76. The number of nitrogens with one attached hydrogen (secondary N) is 2. The molecule has 146 valence electrons. The van der Waals surface area contributed by atoms with E-state index in [1.807, 2.05) is 18.2 Å². The van der Waals surface area contributed by atoms with Gasteiger partial charge in [0, 0.05) is 10.9 Å². The van der Waals surface area contributed by atoms with Crippen LogP contribution in [-0.2, 0) is 4.79 Å². The highest BCUT2D eigenvalue weighted by Gasteiger charge is 2.13. The topological polar surface area (TPSA) is 136 Å². The maximum absolute atomic E-state index is 12.3. The minimum atomic E-state index is -0.609. The van der Waals surface area contributed by atoms with E-state index in [1.54, 1.807) is 31.4 Å². The van der Waals surface area contributed by atoms with Crippen LogP contribution >= 0.6 is 11.8 Å². The molecule has 4 aromatic rings. The Labute approximate surface area is 169 Å². The lowest BCUT2D eigenvalue weighted by Gasteiger charge is -2.08. The number of carbonyl (C=O) groups excluding carboxylic acids is 2. The van der Waals surface area contributed by atoms with Gasteiger partial charge in [-0.2, -0.15) is 0 Å². The van der Waals surface area contributed by atoms with E-state index in [9.17, 15) is 9.59 Å². The number of aromatic nitrogens is 4. The summed E-state index contributed by atoms with van der Waals surface area (Å²) >= 11 is 1.14. The number of carbonyl (C=O) groups is 2. The molecule has 4 N–H and O–H groups in total. The Morgan fingerprint density at radius 1 is 1.21 bits per heavy atom. The minimum Gasteiger partial charge on any atom is -0.497 e. The zero-order chi connectivity index (χ0) is 20.4. The minimum absolute atomic E-state index is 0.0499.